The van der Waals surface area contributed by atoms with Crippen molar-refractivity contribution in [2.45, 2.75) is 83.8 Å². The Hall–Kier alpha value is -1.13. The van der Waals surface area contributed by atoms with Crippen LogP contribution in [0.4, 0.5) is 0 Å². The third-order valence-electron chi connectivity index (χ3n) is 6.70. The van der Waals surface area contributed by atoms with E-state index in [2.05, 4.69) is 32.1 Å². The van der Waals surface area contributed by atoms with E-state index in [0.717, 1.165) is 51.4 Å². The van der Waals surface area contributed by atoms with E-state index in [1.54, 1.807) is 0 Å². The second kappa shape index (κ2) is 10.4. The van der Waals surface area contributed by atoms with Gasteiger partial charge >= 0.3 is 5.97 Å². The molecule has 0 spiro atoms. The highest BCUT2D eigenvalue weighted by molar-refractivity contribution is 5.68. The SMILES string of the molecule is CCCCC(C)[C@H](O)/C=C/C1C(O)CC2(CCCCC(=O)OC)C=CCC12. The molecule has 6 atom stereocenters. The lowest BCUT2D eigenvalue weighted by Crippen LogP contribution is -2.23. The summed E-state index contributed by atoms with van der Waals surface area (Å²) in [7, 11) is 1.43. The number of fused-ring (bicyclic) bond motifs is 1. The predicted molar refractivity (Wildman–Crippen MR) is 108 cm³/mol. The van der Waals surface area contributed by atoms with Crippen LogP contribution in [0.5, 0.6) is 0 Å². The Morgan fingerprint density at radius 3 is 2.85 bits per heavy atom. The Morgan fingerprint density at radius 1 is 1.37 bits per heavy atom. The van der Waals surface area contributed by atoms with Crippen LogP contribution < -0.4 is 0 Å². The summed E-state index contributed by atoms with van der Waals surface area (Å²) in [6.45, 7) is 4.26. The summed E-state index contributed by atoms with van der Waals surface area (Å²) in [5.41, 5.74) is 0.0450. The zero-order valence-electron chi connectivity index (χ0n) is 17.3. The maximum absolute atomic E-state index is 11.3. The lowest BCUT2D eigenvalue weighted by molar-refractivity contribution is -0.140. The summed E-state index contributed by atoms with van der Waals surface area (Å²) in [6, 6.07) is 0. The van der Waals surface area contributed by atoms with E-state index < -0.39 is 6.10 Å². The zero-order chi connectivity index (χ0) is 19.9. The molecule has 2 N–H and O–H groups in total. The first-order valence-corrected chi connectivity index (χ1v) is 10.7. The highest BCUT2D eigenvalue weighted by Gasteiger charge is 2.51. The average molecular weight is 379 g/mol. The number of aliphatic hydroxyl groups excluding tert-OH is 2. The Morgan fingerprint density at radius 2 is 2.15 bits per heavy atom. The fourth-order valence-corrected chi connectivity index (χ4v) is 4.95. The second-order valence-electron chi connectivity index (χ2n) is 8.60. The Balaban J connectivity index is 1.92. The van der Waals surface area contributed by atoms with Crippen molar-refractivity contribution in [3.8, 4) is 0 Å². The van der Waals surface area contributed by atoms with E-state index in [9.17, 15) is 15.0 Å². The van der Waals surface area contributed by atoms with Crippen molar-refractivity contribution in [3.63, 3.8) is 0 Å². The molecule has 0 heterocycles. The average Bonchev–Trinajstić information content (AvgIpc) is 3.16. The van der Waals surface area contributed by atoms with Crippen molar-refractivity contribution < 1.29 is 19.7 Å². The van der Waals surface area contributed by atoms with Gasteiger partial charge in [-0.1, -0.05) is 57.4 Å². The molecule has 0 aliphatic heterocycles. The monoisotopic (exact) mass is 378 g/mol. The molecule has 27 heavy (non-hydrogen) atoms. The van der Waals surface area contributed by atoms with Gasteiger partial charge in [-0.25, -0.2) is 0 Å². The summed E-state index contributed by atoms with van der Waals surface area (Å²) in [4.78, 5) is 11.3. The first kappa shape index (κ1) is 22.2. The fourth-order valence-electron chi connectivity index (χ4n) is 4.95. The molecule has 0 aromatic carbocycles. The molecular weight excluding hydrogens is 340 g/mol. The van der Waals surface area contributed by atoms with Crippen molar-refractivity contribution >= 4 is 5.97 Å². The third-order valence-corrected chi connectivity index (χ3v) is 6.70. The van der Waals surface area contributed by atoms with Gasteiger partial charge in [0.05, 0.1) is 19.3 Å². The third kappa shape index (κ3) is 5.68. The van der Waals surface area contributed by atoms with Gasteiger partial charge in [0.2, 0.25) is 0 Å². The van der Waals surface area contributed by atoms with Crippen LogP contribution in [0.2, 0.25) is 0 Å². The van der Waals surface area contributed by atoms with Gasteiger partial charge in [-0.3, -0.25) is 4.79 Å². The number of aliphatic hydroxyl groups is 2. The summed E-state index contributed by atoms with van der Waals surface area (Å²) in [5.74, 6) is 0.614. The molecule has 0 radical (unpaired) electrons. The summed E-state index contributed by atoms with van der Waals surface area (Å²) >= 11 is 0. The maximum atomic E-state index is 11.3. The van der Waals surface area contributed by atoms with Gasteiger partial charge in [-0.15, -0.1) is 0 Å². The molecule has 0 aromatic rings. The van der Waals surface area contributed by atoms with Gasteiger partial charge < -0.3 is 14.9 Å². The van der Waals surface area contributed by atoms with Crippen LogP contribution in [0.3, 0.4) is 0 Å². The van der Waals surface area contributed by atoms with E-state index >= 15 is 0 Å². The number of hydrogen-bond donors (Lipinski definition) is 2. The molecular formula is C23H38O4. The number of esters is 1. The van der Waals surface area contributed by atoms with Gasteiger partial charge in [0.1, 0.15) is 0 Å². The molecule has 1 saturated carbocycles. The minimum Gasteiger partial charge on any atom is -0.469 e. The number of allylic oxidation sites excluding steroid dienone is 2. The van der Waals surface area contributed by atoms with E-state index in [-0.39, 0.29) is 29.3 Å². The lowest BCUT2D eigenvalue weighted by atomic mass is 9.74. The molecule has 1 fully saturated rings. The normalized spacial score (nSPS) is 32.0. The van der Waals surface area contributed by atoms with E-state index in [0.29, 0.717) is 12.3 Å². The van der Waals surface area contributed by atoms with Crippen molar-refractivity contribution in [3.05, 3.63) is 24.3 Å². The molecule has 2 aliphatic rings. The van der Waals surface area contributed by atoms with E-state index in [1.807, 2.05) is 6.08 Å². The predicted octanol–water partition coefficient (Wildman–Crippen LogP) is 4.41. The van der Waals surface area contributed by atoms with Crippen LogP contribution in [0.1, 0.15) is 71.6 Å². The molecule has 2 rings (SSSR count). The van der Waals surface area contributed by atoms with Crippen LogP contribution in [0, 0.1) is 23.2 Å². The topological polar surface area (TPSA) is 66.8 Å². The molecule has 2 aliphatic carbocycles. The molecule has 5 unspecified atom stereocenters. The van der Waals surface area contributed by atoms with Crippen molar-refractivity contribution in [1.82, 2.24) is 0 Å². The van der Waals surface area contributed by atoms with E-state index in [1.165, 1.54) is 7.11 Å². The smallest absolute Gasteiger partial charge is 0.305 e. The van der Waals surface area contributed by atoms with Crippen molar-refractivity contribution in [2.75, 3.05) is 7.11 Å². The van der Waals surface area contributed by atoms with Crippen LogP contribution in [0.15, 0.2) is 24.3 Å². The molecule has 154 valence electrons. The molecule has 0 saturated heterocycles. The van der Waals surface area contributed by atoms with Crippen molar-refractivity contribution in [2.24, 2.45) is 23.2 Å². The molecule has 0 amide bonds. The first-order chi connectivity index (χ1) is 12.9. The van der Waals surface area contributed by atoms with Crippen LogP contribution in [-0.4, -0.2) is 35.5 Å². The standard InChI is InChI=1S/C23H38O4/c1-4-5-9-17(2)20(24)13-12-18-19-10-8-15-23(19,16-21(18)25)14-7-6-11-22(26)27-3/h8,12-13,15,17-21,24-25H,4-7,9-11,14,16H2,1-3H3/b13-12+/t17?,18?,19?,20-,21?,23?/m1/s1. The molecule has 4 nitrogen and oxygen atoms in total. The zero-order valence-corrected chi connectivity index (χ0v) is 17.3. The first-order valence-electron chi connectivity index (χ1n) is 10.7. The Kier molecular flexibility index (Phi) is 8.56. The Bertz CT molecular complexity index is 526. The summed E-state index contributed by atoms with van der Waals surface area (Å²) < 4.78 is 4.71. The molecule has 4 heteroatoms. The number of hydrogen-bond acceptors (Lipinski definition) is 4. The number of carbonyl (C=O) groups is 1. The quantitative estimate of drug-likeness (QED) is 0.317. The minimum atomic E-state index is -0.437. The van der Waals surface area contributed by atoms with Crippen LogP contribution in [0.25, 0.3) is 0 Å². The largest absolute Gasteiger partial charge is 0.469 e. The Labute approximate surface area is 164 Å². The summed E-state index contributed by atoms with van der Waals surface area (Å²) in [5, 5.41) is 21.1. The molecule has 0 bridgehead atoms. The van der Waals surface area contributed by atoms with Gasteiger partial charge in [-0.2, -0.15) is 0 Å². The fraction of sp³-hybridized carbons (Fsp3) is 0.783. The van der Waals surface area contributed by atoms with Gasteiger partial charge in [0.15, 0.2) is 0 Å². The number of unbranched alkanes of at least 4 members (excludes halogenated alkanes) is 2. The number of carbonyl (C=O) groups excluding carboxylic acids is 1. The minimum absolute atomic E-state index is 0.0450. The lowest BCUT2D eigenvalue weighted by Gasteiger charge is -2.29. The highest BCUT2D eigenvalue weighted by Crippen LogP contribution is 2.56. The molecule has 0 aromatic heterocycles. The van der Waals surface area contributed by atoms with Gasteiger partial charge in [-0.05, 0) is 49.4 Å². The number of rotatable bonds is 11. The van der Waals surface area contributed by atoms with Crippen LogP contribution in [-0.2, 0) is 9.53 Å². The van der Waals surface area contributed by atoms with Crippen LogP contribution >= 0.6 is 0 Å². The van der Waals surface area contributed by atoms with Gasteiger partial charge in [0, 0.05) is 12.3 Å². The second-order valence-corrected chi connectivity index (χ2v) is 8.60. The highest BCUT2D eigenvalue weighted by atomic mass is 16.5. The van der Waals surface area contributed by atoms with E-state index in [4.69, 9.17) is 4.74 Å². The summed E-state index contributed by atoms with van der Waals surface area (Å²) in [6.07, 6.45) is 16.1. The maximum Gasteiger partial charge on any atom is 0.305 e. The van der Waals surface area contributed by atoms with Crippen molar-refractivity contribution in [1.29, 1.82) is 0 Å². The van der Waals surface area contributed by atoms with Gasteiger partial charge in [0.25, 0.3) is 0 Å². The number of methoxy groups -OCH3 is 1. The number of ether oxygens (including phenoxy) is 1.